The van der Waals surface area contributed by atoms with Crippen LogP contribution in [0.1, 0.15) is 16.7 Å². The fourth-order valence-electron chi connectivity index (χ4n) is 3.05. The highest BCUT2D eigenvalue weighted by Crippen LogP contribution is 2.38. The Labute approximate surface area is 134 Å². The molecule has 1 nitrogen and oxygen atoms in total. The van der Waals surface area contributed by atoms with Crippen molar-refractivity contribution >= 4 is 0 Å². The van der Waals surface area contributed by atoms with E-state index in [4.69, 9.17) is 5.73 Å². The molecule has 0 aliphatic heterocycles. The van der Waals surface area contributed by atoms with Gasteiger partial charge in [-0.3, -0.25) is 0 Å². The lowest BCUT2D eigenvalue weighted by atomic mass is 9.69. The normalized spacial score (nSPS) is 11.4. The Balaban J connectivity index is 2.27. The molecule has 0 aliphatic rings. The third-order valence-corrected chi connectivity index (χ3v) is 4.25. The highest BCUT2D eigenvalue weighted by molar-refractivity contribution is 5.50. The van der Waals surface area contributed by atoms with E-state index in [1.165, 1.54) is 24.3 Å². The second-order valence-electron chi connectivity index (χ2n) is 5.49. The summed E-state index contributed by atoms with van der Waals surface area (Å²) < 4.78 is 26.7. The Morgan fingerprint density at radius 1 is 0.609 bits per heavy atom. The Morgan fingerprint density at radius 2 is 1.00 bits per heavy atom. The number of nitrogens with two attached hydrogens (primary N) is 1. The molecule has 0 heterocycles. The standard InChI is InChI=1S/C20H17F2N/c21-18-10-6-16(7-11-18)20(14-23,15-4-2-1-3-5-15)17-8-12-19(22)13-9-17/h1-13H,14,23H2. The number of hydrogen-bond acceptors (Lipinski definition) is 1. The fourth-order valence-corrected chi connectivity index (χ4v) is 3.05. The summed E-state index contributed by atoms with van der Waals surface area (Å²) in [6.45, 7) is 0.286. The molecule has 0 fully saturated rings. The minimum atomic E-state index is -0.650. The molecule has 3 heteroatoms. The monoisotopic (exact) mass is 309 g/mol. The van der Waals surface area contributed by atoms with Gasteiger partial charge in [0.05, 0.1) is 5.41 Å². The van der Waals surface area contributed by atoms with Gasteiger partial charge in [0.15, 0.2) is 0 Å². The Kier molecular flexibility index (Phi) is 4.22. The summed E-state index contributed by atoms with van der Waals surface area (Å²) >= 11 is 0. The van der Waals surface area contributed by atoms with Gasteiger partial charge in [0.2, 0.25) is 0 Å². The molecule has 23 heavy (non-hydrogen) atoms. The van der Waals surface area contributed by atoms with Gasteiger partial charge in [-0.05, 0) is 41.0 Å². The largest absolute Gasteiger partial charge is 0.329 e. The molecule has 0 bridgehead atoms. The third kappa shape index (κ3) is 2.76. The molecule has 0 unspecified atom stereocenters. The van der Waals surface area contributed by atoms with Crippen LogP contribution in [-0.2, 0) is 5.41 Å². The van der Waals surface area contributed by atoms with Crippen LogP contribution in [-0.4, -0.2) is 6.54 Å². The molecular weight excluding hydrogens is 292 g/mol. The molecular formula is C20H17F2N. The maximum atomic E-state index is 13.4. The first-order valence-corrected chi connectivity index (χ1v) is 7.44. The van der Waals surface area contributed by atoms with Gasteiger partial charge in [0.25, 0.3) is 0 Å². The summed E-state index contributed by atoms with van der Waals surface area (Å²) in [6.07, 6.45) is 0. The average molecular weight is 309 g/mol. The van der Waals surface area contributed by atoms with Crippen LogP contribution >= 0.6 is 0 Å². The van der Waals surface area contributed by atoms with E-state index in [2.05, 4.69) is 0 Å². The third-order valence-electron chi connectivity index (χ3n) is 4.25. The van der Waals surface area contributed by atoms with Crippen LogP contribution in [0.3, 0.4) is 0 Å². The van der Waals surface area contributed by atoms with Crippen LogP contribution in [0.2, 0.25) is 0 Å². The second-order valence-corrected chi connectivity index (χ2v) is 5.49. The molecule has 0 spiro atoms. The van der Waals surface area contributed by atoms with Gasteiger partial charge >= 0.3 is 0 Å². The van der Waals surface area contributed by atoms with E-state index in [1.54, 1.807) is 24.3 Å². The number of rotatable bonds is 4. The molecule has 0 saturated heterocycles. The van der Waals surface area contributed by atoms with Crippen molar-refractivity contribution in [1.29, 1.82) is 0 Å². The molecule has 0 radical (unpaired) electrons. The van der Waals surface area contributed by atoms with Crippen molar-refractivity contribution in [2.45, 2.75) is 5.41 Å². The van der Waals surface area contributed by atoms with Crippen molar-refractivity contribution < 1.29 is 8.78 Å². The Morgan fingerprint density at radius 3 is 1.39 bits per heavy atom. The van der Waals surface area contributed by atoms with Crippen molar-refractivity contribution in [2.75, 3.05) is 6.54 Å². The highest BCUT2D eigenvalue weighted by atomic mass is 19.1. The number of hydrogen-bond donors (Lipinski definition) is 1. The SMILES string of the molecule is NCC(c1ccccc1)(c1ccc(F)cc1)c1ccc(F)cc1. The van der Waals surface area contributed by atoms with Crippen LogP contribution in [0, 0.1) is 11.6 Å². The van der Waals surface area contributed by atoms with Gasteiger partial charge in [-0.2, -0.15) is 0 Å². The molecule has 0 aliphatic carbocycles. The van der Waals surface area contributed by atoms with Crippen LogP contribution < -0.4 is 5.73 Å². The van der Waals surface area contributed by atoms with E-state index in [0.29, 0.717) is 0 Å². The maximum absolute atomic E-state index is 13.4. The predicted molar refractivity (Wildman–Crippen MR) is 88.2 cm³/mol. The first kappa shape index (κ1) is 15.4. The fraction of sp³-hybridized carbons (Fsp3) is 0.100. The van der Waals surface area contributed by atoms with E-state index in [1.807, 2.05) is 30.3 Å². The first-order valence-electron chi connectivity index (χ1n) is 7.44. The Bertz CT molecular complexity index is 720. The summed E-state index contributed by atoms with van der Waals surface area (Å²) in [5, 5.41) is 0. The van der Waals surface area contributed by atoms with Crippen molar-refractivity contribution in [3.05, 3.63) is 107 Å². The van der Waals surface area contributed by atoms with Crippen molar-refractivity contribution in [1.82, 2.24) is 0 Å². The van der Waals surface area contributed by atoms with Gasteiger partial charge in [0, 0.05) is 6.54 Å². The second kappa shape index (κ2) is 6.31. The lowest BCUT2D eigenvalue weighted by molar-refractivity contribution is 0.603. The zero-order valence-electron chi connectivity index (χ0n) is 12.5. The summed E-state index contributed by atoms with van der Waals surface area (Å²) in [4.78, 5) is 0. The molecule has 0 saturated carbocycles. The van der Waals surface area contributed by atoms with Gasteiger partial charge < -0.3 is 5.73 Å². The first-order chi connectivity index (χ1) is 11.2. The highest BCUT2D eigenvalue weighted by Gasteiger charge is 2.34. The number of halogens is 2. The van der Waals surface area contributed by atoms with E-state index >= 15 is 0 Å². The van der Waals surface area contributed by atoms with Crippen LogP contribution in [0.15, 0.2) is 78.9 Å². The van der Waals surface area contributed by atoms with Gasteiger partial charge in [-0.15, -0.1) is 0 Å². The van der Waals surface area contributed by atoms with Gasteiger partial charge in [-0.25, -0.2) is 8.78 Å². The molecule has 0 aromatic heterocycles. The van der Waals surface area contributed by atoms with Crippen LogP contribution in [0.5, 0.6) is 0 Å². The molecule has 3 aromatic carbocycles. The minimum absolute atomic E-state index is 0.286. The Hall–Kier alpha value is -2.52. The quantitative estimate of drug-likeness (QED) is 0.716. The molecule has 0 atom stereocenters. The van der Waals surface area contributed by atoms with Crippen LogP contribution in [0.25, 0.3) is 0 Å². The topological polar surface area (TPSA) is 26.0 Å². The van der Waals surface area contributed by atoms with E-state index in [0.717, 1.165) is 16.7 Å². The molecule has 2 N–H and O–H groups in total. The van der Waals surface area contributed by atoms with Crippen LogP contribution in [0.4, 0.5) is 8.78 Å². The van der Waals surface area contributed by atoms with Crippen molar-refractivity contribution in [3.63, 3.8) is 0 Å². The lowest BCUT2D eigenvalue weighted by Crippen LogP contribution is -2.37. The van der Waals surface area contributed by atoms with Crippen molar-refractivity contribution in [3.8, 4) is 0 Å². The molecule has 3 aromatic rings. The maximum Gasteiger partial charge on any atom is 0.123 e. The smallest absolute Gasteiger partial charge is 0.123 e. The lowest BCUT2D eigenvalue weighted by Gasteiger charge is -2.34. The summed E-state index contributed by atoms with van der Waals surface area (Å²) in [7, 11) is 0. The summed E-state index contributed by atoms with van der Waals surface area (Å²) in [6, 6.07) is 22.4. The predicted octanol–water partition coefficient (Wildman–Crippen LogP) is 4.26. The minimum Gasteiger partial charge on any atom is -0.329 e. The van der Waals surface area contributed by atoms with Gasteiger partial charge in [-0.1, -0.05) is 54.6 Å². The average Bonchev–Trinajstić information content (AvgIpc) is 2.60. The van der Waals surface area contributed by atoms with Gasteiger partial charge in [0.1, 0.15) is 11.6 Å². The van der Waals surface area contributed by atoms with E-state index < -0.39 is 5.41 Å². The summed E-state index contributed by atoms with van der Waals surface area (Å²) in [5.41, 5.74) is 8.28. The van der Waals surface area contributed by atoms with E-state index in [9.17, 15) is 8.78 Å². The zero-order chi connectivity index (χ0) is 16.3. The van der Waals surface area contributed by atoms with Crippen molar-refractivity contribution in [2.24, 2.45) is 5.73 Å². The molecule has 3 rings (SSSR count). The van der Waals surface area contributed by atoms with E-state index in [-0.39, 0.29) is 18.2 Å². The number of benzene rings is 3. The molecule has 0 amide bonds. The molecule has 116 valence electrons. The summed E-state index contributed by atoms with van der Waals surface area (Å²) in [5.74, 6) is -0.598. The zero-order valence-corrected chi connectivity index (χ0v) is 12.5.